The number of hydrogen-bond donors (Lipinski definition) is 2. The van der Waals surface area contributed by atoms with Crippen LogP contribution < -0.4 is 15.4 Å². The molecule has 2 N–H and O–H groups in total. The van der Waals surface area contributed by atoms with Crippen molar-refractivity contribution in [3.05, 3.63) is 23.8 Å². The molecular formula is C13H18N2O2. The van der Waals surface area contributed by atoms with Crippen molar-refractivity contribution < 1.29 is 9.53 Å². The zero-order valence-corrected chi connectivity index (χ0v) is 10.4. The van der Waals surface area contributed by atoms with E-state index in [0.29, 0.717) is 12.5 Å². The highest BCUT2D eigenvalue weighted by Gasteiger charge is 2.29. The molecule has 0 bridgehead atoms. The summed E-state index contributed by atoms with van der Waals surface area (Å²) in [4.78, 5) is 11.6. The summed E-state index contributed by atoms with van der Waals surface area (Å²) in [6.45, 7) is 4.89. The van der Waals surface area contributed by atoms with Crippen LogP contribution in [-0.2, 0) is 4.79 Å². The fraction of sp³-hybridized carbons (Fsp3) is 0.462. The van der Waals surface area contributed by atoms with Gasteiger partial charge in [0.2, 0.25) is 5.91 Å². The van der Waals surface area contributed by atoms with E-state index in [1.54, 1.807) is 7.05 Å². The summed E-state index contributed by atoms with van der Waals surface area (Å²) in [5.41, 5.74) is 1.82. The van der Waals surface area contributed by atoms with Crippen LogP contribution in [0.2, 0.25) is 0 Å². The monoisotopic (exact) mass is 234 g/mol. The molecule has 0 aromatic heterocycles. The van der Waals surface area contributed by atoms with E-state index < -0.39 is 0 Å². The molecule has 1 heterocycles. The number of carbonyl (C=O) groups excluding carboxylic acids is 1. The van der Waals surface area contributed by atoms with Crippen molar-refractivity contribution in [1.82, 2.24) is 5.32 Å². The van der Waals surface area contributed by atoms with E-state index in [1.807, 2.05) is 18.2 Å². The van der Waals surface area contributed by atoms with Gasteiger partial charge in [-0.25, -0.2) is 0 Å². The largest absolute Gasteiger partial charge is 0.493 e. The molecule has 0 fully saturated rings. The number of likely N-dealkylation sites (N-methyl/N-ethyl adjacent to an activating group) is 1. The van der Waals surface area contributed by atoms with Crippen LogP contribution in [0.4, 0.5) is 5.69 Å². The molecular weight excluding hydrogens is 216 g/mol. The number of amides is 1. The molecule has 0 radical (unpaired) electrons. The summed E-state index contributed by atoms with van der Waals surface area (Å²) < 4.78 is 5.63. The van der Waals surface area contributed by atoms with Crippen molar-refractivity contribution in [1.29, 1.82) is 0 Å². The van der Waals surface area contributed by atoms with Gasteiger partial charge in [0.1, 0.15) is 11.8 Å². The van der Waals surface area contributed by atoms with Crippen molar-refractivity contribution in [3.8, 4) is 5.75 Å². The zero-order valence-electron chi connectivity index (χ0n) is 10.4. The van der Waals surface area contributed by atoms with Crippen LogP contribution in [0.5, 0.6) is 5.75 Å². The number of anilines is 1. The van der Waals surface area contributed by atoms with Crippen LogP contribution in [0.3, 0.4) is 0 Å². The first kappa shape index (κ1) is 11.9. The molecule has 1 aliphatic heterocycles. The second kappa shape index (κ2) is 4.75. The number of nitrogens with one attached hydrogen (secondary N) is 2. The molecule has 0 aliphatic carbocycles. The molecule has 1 unspecified atom stereocenters. The summed E-state index contributed by atoms with van der Waals surface area (Å²) >= 11 is 0. The smallest absolute Gasteiger partial charge is 0.246 e. The van der Waals surface area contributed by atoms with Crippen molar-refractivity contribution in [2.45, 2.75) is 19.9 Å². The summed E-state index contributed by atoms with van der Waals surface area (Å²) in [6.07, 6.45) is 0. The van der Waals surface area contributed by atoms with Crippen molar-refractivity contribution in [2.75, 3.05) is 19.0 Å². The van der Waals surface area contributed by atoms with Gasteiger partial charge in [-0.2, -0.15) is 0 Å². The molecule has 1 aromatic carbocycles. The average Bonchev–Trinajstić information content (AvgIpc) is 2.60. The summed E-state index contributed by atoms with van der Waals surface area (Å²) in [5, 5.41) is 5.83. The average molecular weight is 234 g/mol. The van der Waals surface area contributed by atoms with Gasteiger partial charge in [0.25, 0.3) is 0 Å². The molecule has 4 nitrogen and oxygen atoms in total. The van der Waals surface area contributed by atoms with Gasteiger partial charge in [-0.1, -0.05) is 19.9 Å². The maximum Gasteiger partial charge on any atom is 0.246 e. The third-order valence-electron chi connectivity index (χ3n) is 2.73. The van der Waals surface area contributed by atoms with Gasteiger partial charge >= 0.3 is 0 Å². The highest BCUT2D eigenvalue weighted by molar-refractivity contribution is 6.02. The van der Waals surface area contributed by atoms with E-state index >= 15 is 0 Å². The van der Waals surface area contributed by atoms with E-state index in [0.717, 1.165) is 17.0 Å². The highest BCUT2D eigenvalue weighted by Crippen LogP contribution is 2.33. The molecule has 2 rings (SSSR count). The lowest BCUT2D eigenvalue weighted by molar-refractivity contribution is -0.117. The Morgan fingerprint density at radius 2 is 2.24 bits per heavy atom. The van der Waals surface area contributed by atoms with Crippen LogP contribution in [0.15, 0.2) is 18.2 Å². The second-order valence-electron chi connectivity index (χ2n) is 4.66. The summed E-state index contributed by atoms with van der Waals surface area (Å²) in [7, 11) is 1.78. The molecule has 1 amide bonds. The van der Waals surface area contributed by atoms with Gasteiger partial charge in [0.05, 0.1) is 6.61 Å². The van der Waals surface area contributed by atoms with E-state index in [-0.39, 0.29) is 11.9 Å². The predicted molar refractivity (Wildman–Crippen MR) is 67.2 cm³/mol. The van der Waals surface area contributed by atoms with Crippen molar-refractivity contribution in [2.24, 2.45) is 5.92 Å². The molecule has 4 heteroatoms. The second-order valence-corrected chi connectivity index (χ2v) is 4.66. The third-order valence-corrected chi connectivity index (χ3v) is 2.73. The Hall–Kier alpha value is -1.55. The Balaban J connectivity index is 2.16. The van der Waals surface area contributed by atoms with Gasteiger partial charge in [0.15, 0.2) is 0 Å². The van der Waals surface area contributed by atoms with Gasteiger partial charge in [-0.15, -0.1) is 0 Å². The Bertz CT molecular complexity index is 429. The number of benzene rings is 1. The van der Waals surface area contributed by atoms with Gasteiger partial charge < -0.3 is 15.4 Å². The Morgan fingerprint density at radius 3 is 2.88 bits per heavy atom. The summed E-state index contributed by atoms with van der Waals surface area (Å²) in [5.74, 6) is 1.28. The fourth-order valence-corrected chi connectivity index (χ4v) is 1.88. The van der Waals surface area contributed by atoms with Crippen molar-refractivity contribution in [3.63, 3.8) is 0 Å². The minimum Gasteiger partial charge on any atom is -0.493 e. The lowest BCUT2D eigenvalue weighted by Gasteiger charge is -2.10. The minimum atomic E-state index is -0.246. The first-order chi connectivity index (χ1) is 8.11. The Morgan fingerprint density at radius 1 is 1.47 bits per heavy atom. The molecule has 1 aliphatic rings. The molecule has 0 spiro atoms. The van der Waals surface area contributed by atoms with Crippen LogP contribution in [0.1, 0.15) is 25.5 Å². The van der Waals surface area contributed by atoms with Gasteiger partial charge in [0, 0.05) is 17.3 Å². The maximum atomic E-state index is 11.6. The number of fused-ring (bicyclic) bond motifs is 1. The molecule has 1 aromatic rings. The first-order valence-electron chi connectivity index (χ1n) is 5.86. The lowest BCUT2D eigenvalue weighted by Crippen LogP contribution is -2.23. The standard InChI is InChI=1S/C13H18N2O2/c1-8(2)7-17-9-4-5-10-11(6-9)15-13(16)12(10)14-3/h4-6,8,12,14H,7H2,1-3H3,(H,15,16). The molecule has 92 valence electrons. The Labute approximate surface area is 101 Å². The quantitative estimate of drug-likeness (QED) is 0.837. The number of rotatable bonds is 4. The van der Waals surface area contributed by atoms with Gasteiger partial charge in [-0.05, 0) is 19.0 Å². The van der Waals surface area contributed by atoms with E-state index in [4.69, 9.17) is 4.74 Å². The third kappa shape index (κ3) is 2.42. The van der Waals surface area contributed by atoms with Crippen LogP contribution in [0, 0.1) is 5.92 Å². The number of carbonyl (C=O) groups is 1. The van der Waals surface area contributed by atoms with Crippen molar-refractivity contribution >= 4 is 11.6 Å². The highest BCUT2D eigenvalue weighted by atomic mass is 16.5. The topological polar surface area (TPSA) is 50.4 Å². The van der Waals surface area contributed by atoms with Crippen LogP contribution >= 0.6 is 0 Å². The normalized spacial score (nSPS) is 18.1. The molecule has 0 saturated carbocycles. The van der Waals surface area contributed by atoms with Crippen LogP contribution in [-0.4, -0.2) is 19.6 Å². The maximum absolute atomic E-state index is 11.6. The van der Waals surface area contributed by atoms with E-state index in [2.05, 4.69) is 24.5 Å². The molecule has 1 atom stereocenters. The zero-order chi connectivity index (χ0) is 12.4. The number of ether oxygens (including phenoxy) is 1. The predicted octanol–water partition coefficient (Wildman–Crippen LogP) is 1.93. The van der Waals surface area contributed by atoms with Gasteiger partial charge in [-0.3, -0.25) is 4.79 Å². The molecule has 17 heavy (non-hydrogen) atoms. The SMILES string of the molecule is CNC1C(=O)Nc2cc(OCC(C)C)ccc21. The lowest BCUT2D eigenvalue weighted by atomic mass is 10.1. The number of hydrogen-bond acceptors (Lipinski definition) is 3. The van der Waals surface area contributed by atoms with Crippen LogP contribution in [0.25, 0.3) is 0 Å². The summed E-state index contributed by atoms with van der Waals surface area (Å²) in [6, 6.07) is 5.48. The molecule has 0 saturated heterocycles. The van der Waals surface area contributed by atoms with E-state index in [1.165, 1.54) is 0 Å². The fourth-order valence-electron chi connectivity index (χ4n) is 1.88. The van der Waals surface area contributed by atoms with E-state index in [9.17, 15) is 4.79 Å². The first-order valence-corrected chi connectivity index (χ1v) is 5.86. The Kier molecular flexibility index (Phi) is 3.33. The minimum absolute atomic E-state index is 0.0106.